The van der Waals surface area contributed by atoms with Crippen molar-refractivity contribution in [2.24, 2.45) is 0 Å². The highest BCUT2D eigenvalue weighted by Gasteiger charge is 2.13. The minimum Gasteiger partial charge on any atom is -0.309 e. The van der Waals surface area contributed by atoms with Crippen LogP contribution in [-0.4, -0.2) is 8.80 Å². The van der Waals surface area contributed by atoms with Gasteiger partial charge in [-0.2, -0.15) is 0 Å². The number of rotatable bonds is 0. The zero-order valence-corrected chi connectivity index (χ0v) is 28.3. The Morgan fingerprint density at radius 2 is 0.725 bits per heavy atom. The van der Waals surface area contributed by atoms with Gasteiger partial charge in [-0.25, -0.2) is 0 Å². The standard InChI is InChI=1S/C48H28N2S/c1-3-13-43-37(11-1)39-19-15-34-28-46(39)50(43)36-10-6-8-30(24-36)33-18-22-48-42(27-33)41-26-32(17-21-47(41)51-48)29-7-5-9-35(23-29)49-44-14-4-2-12-38(44)40-25-31(34)16-20-45(40)49/h1-28H. The van der Waals surface area contributed by atoms with E-state index >= 15 is 0 Å². The summed E-state index contributed by atoms with van der Waals surface area (Å²) in [7, 11) is 0. The Labute approximate surface area is 295 Å². The number of fused-ring (bicyclic) bond motifs is 4. The second-order valence-electron chi connectivity index (χ2n) is 13.8. The molecule has 2 nitrogen and oxygen atoms in total. The lowest BCUT2D eigenvalue weighted by Gasteiger charge is -2.03. The van der Waals surface area contributed by atoms with Gasteiger partial charge in [-0.1, -0.05) is 91.0 Å². The summed E-state index contributed by atoms with van der Waals surface area (Å²) in [6, 6.07) is 63.6. The average molecular weight is 665 g/mol. The highest BCUT2D eigenvalue weighted by Crippen LogP contribution is 2.38. The van der Waals surface area contributed by atoms with E-state index in [9.17, 15) is 0 Å². The van der Waals surface area contributed by atoms with Gasteiger partial charge >= 0.3 is 0 Å². The number of nitrogens with zero attached hydrogens (tertiary/aromatic N) is 2. The molecule has 0 unspecified atom stereocenters. The van der Waals surface area contributed by atoms with Gasteiger partial charge in [-0.15, -0.1) is 11.3 Å². The third-order valence-corrected chi connectivity index (χ3v) is 12.2. The molecule has 0 N–H and O–H groups in total. The first-order valence-corrected chi connectivity index (χ1v) is 18.3. The van der Waals surface area contributed by atoms with Gasteiger partial charge in [0.05, 0.1) is 22.1 Å². The lowest BCUT2D eigenvalue weighted by Crippen LogP contribution is -1.85. The van der Waals surface area contributed by atoms with Gasteiger partial charge in [0.1, 0.15) is 0 Å². The molecule has 0 atom stereocenters. The molecule has 0 saturated carbocycles. The average Bonchev–Trinajstić information content (AvgIpc) is 3.84. The first-order chi connectivity index (χ1) is 25.2. The van der Waals surface area contributed by atoms with Gasteiger partial charge in [-0.05, 0) is 111 Å². The summed E-state index contributed by atoms with van der Waals surface area (Å²) in [5, 5.41) is 15.0. The van der Waals surface area contributed by atoms with Crippen LogP contribution in [0.4, 0.5) is 0 Å². The van der Waals surface area contributed by atoms with Crippen molar-refractivity contribution in [3.63, 3.8) is 0 Å². The van der Waals surface area contributed by atoms with Crippen LogP contribution in [0.5, 0.6) is 0 Å². The van der Waals surface area contributed by atoms with Crippen LogP contribution in [0.15, 0.2) is 170 Å². The van der Waals surface area contributed by atoms with Crippen LogP contribution in [0.1, 0.15) is 0 Å². The van der Waals surface area contributed by atoms with Gasteiger partial charge in [-0.3, -0.25) is 0 Å². The summed E-state index contributed by atoms with van der Waals surface area (Å²) in [5.41, 5.74) is 7.18. The van der Waals surface area contributed by atoms with E-state index in [-0.39, 0.29) is 0 Å². The molecular formula is C48H28N2S. The van der Waals surface area contributed by atoms with E-state index in [1.165, 1.54) is 102 Å². The summed E-state index contributed by atoms with van der Waals surface area (Å²) >= 11 is 1.87. The molecule has 0 fully saturated rings. The Morgan fingerprint density at radius 1 is 0.275 bits per heavy atom. The second kappa shape index (κ2) is 10.1. The highest BCUT2D eigenvalue weighted by molar-refractivity contribution is 7.25. The second-order valence-corrected chi connectivity index (χ2v) is 14.9. The topological polar surface area (TPSA) is 8.82 Å². The first kappa shape index (κ1) is 27.4. The number of hydrogen-bond donors (Lipinski definition) is 0. The van der Waals surface area contributed by atoms with E-state index in [1.807, 2.05) is 11.3 Å². The maximum Gasteiger partial charge on any atom is 0.0547 e. The van der Waals surface area contributed by atoms with Crippen LogP contribution in [0, 0.1) is 0 Å². The van der Waals surface area contributed by atoms with Crippen LogP contribution in [0.2, 0.25) is 0 Å². The number of aromatic nitrogens is 2. The Bertz CT molecular complexity index is 3540. The van der Waals surface area contributed by atoms with Crippen LogP contribution < -0.4 is 0 Å². The van der Waals surface area contributed by atoms with E-state index < -0.39 is 0 Å². The third-order valence-electron chi connectivity index (χ3n) is 11.0. The van der Waals surface area contributed by atoms with E-state index in [0.29, 0.717) is 0 Å². The largest absolute Gasteiger partial charge is 0.309 e. The zero-order valence-electron chi connectivity index (χ0n) is 27.5. The minimum absolute atomic E-state index is 1.16. The van der Waals surface area contributed by atoms with E-state index in [0.717, 1.165) is 5.52 Å². The molecule has 3 heteroatoms. The summed E-state index contributed by atoms with van der Waals surface area (Å²) in [6.45, 7) is 0. The van der Waals surface area contributed by atoms with Crippen molar-refractivity contribution in [1.29, 1.82) is 0 Å². The summed E-state index contributed by atoms with van der Waals surface area (Å²) in [4.78, 5) is 0. The molecule has 236 valence electrons. The molecule has 0 aliphatic rings. The fraction of sp³-hybridized carbons (Fsp3) is 0. The van der Waals surface area contributed by atoms with Crippen molar-refractivity contribution < 1.29 is 0 Å². The van der Waals surface area contributed by atoms with Gasteiger partial charge < -0.3 is 8.80 Å². The van der Waals surface area contributed by atoms with Crippen molar-refractivity contribution in [2.45, 2.75) is 0 Å². The number of thiophene rings is 1. The monoisotopic (exact) mass is 664 g/mol. The highest BCUT2D eigenvalue weighted by atomic mass is 32.1. The van der Waals surface area contributed by atoms with Crippen LogP contribution in [0.3, 0.4) is 0 Å². The van der Waals surface area contributed by atoms with E-state index in [1.54, 1.807) is 0 Å². The smallest absolute Gasteiger partial charge is 0.0547 e. The molecule has 13 rings (SSSR count). The molecule has 51 heavy (non-hydrogen) atoms. The quantitative estimate of drug-likeness (QED) is 0.153. The number of benzene rings is 8. The number of hydrogen-bond acceptors (Lipinski definition) is 1. The van der Waals surface area contributed by atoms with Gasteiger partial charge in [0.25, 0.3) is 0 Å². The fourth-order valence-corrected chi connectivity index (χ4v) is 9.71. The van der Waals surface area contributed by atoms with Crippen LogP contribution in [0.25, 0.3) is 107 Å². The summed E-state index contributed by atoms with van der Waals surface area (Å²) in [5.74, 6) is 0. The van der Waals surface area contributed by atoms with Gasteiger partial charge in [0, 0.05) is 52.8 Å². The van der Waals surface area contributed by atoms with Crippen molar-refractivity contribution in [1.82, 2.24) is 8.80 Å². The fourth-order valence-electron chi connectivity index (χ4n) is 8.64. The van der Waals surface area contributed by atoms with E-state index in [2.05, 4.69) is 179 Å². The molecule has 0 aliphatic carbocycles. The molecule has 13 aromatic rings. The number of para-hydroxylation sites is 2. The predicted molar refractivity (Wildman–Crippen MR) is 221 cm³/mol. The van der Waals surface area contributed by atoms with Crippen molar-refractivity contribution in [2.75, 3.05) is 0 Å². The molecule has 0 radical (unpaired) electrons. The van der Waals surface area contributed by atoms with Gasteiger partial charge in [0.15, 0.2) is 0 Å². The van der Waals surface area contributed by atoms with Crippen molar-refractivity contribution in [3.05, 3.63) is 170 Å². The van der Waals surface area contributed by atoms with Crippen LogP contribution >= 0.6 is 11.3 Å². The third kappa shape index (κ3) is 3.87. The molecule has 14 bridgehead atoms. The molecule has 0 spiro atoms. The maximum absolute atomic E-state index is 2.45. The predicted octanol–water partition coefficient (Wildman–Crippen LogP) is 13.8. The molecule has 8 aromatic carbocycles. The SMILES string of the molecule is c1ccc2c(c1)c1cc3ccc1n2c1cccc(c1)c1ccc2sc4ccc(cc4c2c1)c1cccc(c1)n1c2ccccc2c2ccc3cc21. The molecule has 0 aliphatic heterocycles. The Balaban J connectivity index is 1.34. The Kier molecular flexibility index (Phi) is 5.41. The summed E-state index contributed by atoms with van der Waals surface area (Å²) in [6.07, 6.45) is 0. The Hall–Kier alpha value is -6.42. The zero-order chi connectivity index (χ0) is 33.2. The lowest BCUT2D eigenvalue weighted by molar-refractivity contribution is 1.34. The summed E-state index contributed by atoms with van der Waals surface area (Å²) < 4.78 is 7.50. The molecule has 5 aromatic heterocycles. The van der Waals surface area contributed by atoms with Crippen molar-refractivity contribution >= 4 is 118 Å². The normalized spacial score (nSPS) is 12.3. The molecular weight excluding hydrogens is 637 g/mol. The maximum atomic E-state index is 2.45. The minimum atomic E-state index is 1.16. The Morgan fingerprint density at radius 3 is 1.37 bits per heavy atom. The molecule has 0 saturated heterocycles. The molecule has 0 amide bonds. The van der Waals surface area contributed by atoms with Gasteiger partial charge in [0.2, 0.25) is 0 Å². The molecule has 5 heterocycles. The van der Waals surface area contributed by atoms with Crippen molar-refractivity contribution in [3.8, 4) is 0 Å². The van der Waals surface area contributed by atoms with E-state index in [4.69, 9.17) is 0 Å². The first-order valence-electron chi connectivity index (χ1n) is 17.5. The lowest BCUT2D eigenvalue weighted by atomic mass is 10.1. The van der Waals surface area contributed by atoms with Crippen LogP contribution in [-0.2, 0) is 0 Å².